The van der Waals surface area contributed by atoms with Crippen molar-refractivity contribution in [3.8, 4) is 0 Å². The lowest BCUT2D eigenvalue weighted by atomic mass is 10.1. The van der Waals surface area contributed by atoms with E-state index in [0.717, 1.165) is 96.3 Å². The fourth-order valence-corrected chi connectivity index (χ4v) is 5.25. The van der Waals surface area contributed by atoms with Gasteiger partial charge in [-0.2, -0.15) is 0 Å². The molecule has 0 aliphatic heterocycles. The van der Waals surface area contributed by atoms with Crippen molar-refractivity contribution in [1.29, 1.82) is 0 Å². The van der Waals surface area contributed by atoms with Crippen LogP contribution in [0.5, 0.6) is 0 Å². The molecule has 1 unspecified atom stereocenters. The quantitative estimate of drug-likeness (QED) is 0.0209. The van der Waals surface area contributed by atoms with Gasteiger partial charge in [0.25, 0.3) is 0 Å². The van der Waals surface area contributed by atoms with Crippen LogP contribution in [-0.4, -0.2) is 37.2 Å². The van der Waals surface area contributed by atoms with Crippen molar-refractivity contribution in [1.82, 2.24) is 0 Å². The van der Waals surface area contributed by atoms with Crippen LogP contribution in [0.3, 0.4) is 0 Å². The first-order valence-corrected chi connectivity index (χ1v) is 21.3. The molecular formula is C48H76O6. The standard InChI is InChI=1S/C48H76O6/c1-4-7-10-13-16-19-22-24-27-29-32-35-38-41-47(50)53-44-45(43-52-46(49)40-37-34-31-28-25-21-18-15-12-9-6-3)54-48(51)42-39-36-33-30-26-23-20-17-14-11-8-5-2/h7-8,10-11,13,15-20,22,24,27,29,32,45H,4-6,9,12,14,21,23,25-26,28,30-31,33-44H2,1-3H3/b10-7-,11-8-,16-13-,18-15-,20-17-,22-19-,27-24-,32-29-. The van der Waals surface area contributed by atoms with E-state index in [4.69, 9.17) is 14.2 Å². The van der Waals surface area contributed by atoms with Gasteiger partial charge >= 0.3 is 17.9 Å². The number of esters is 3. The van der Waals surface area contributed by atoms with Gasteiger partial charge in [0.15, 0.2) is 6.10 Å². The average molecular weight is 749 g/mol. The minimum absolute atomic E-state index is 0.112. The van der Waals surface area contributed by atoms with Crippen molar-refractivity contribution in [2.24, 2.45) is 0 Å². The molecule has 0 saturated heterocycles. The van der Waals surface area contributed by atoms with Crippen LogP contribution >= 0.6 is 0 Å². The summed E-state index contributed by atoms with van der Waals surface area (Å²) >= 11 is 0. The van der Waals surface area contributed by atoms with Gasteiger partial charge in [-0.25, -0.2) is 0 Å². The Labute approximate surface area is 330 Å². The molecule has 0 aliphatic rings. The molecule has 0 aliphatic carbocycles. The molecular weight excluding hydrogens is 673 g/mol. The molecule has 0 aromatic carbocycles. The largest absolute Gasteiger partial charge is 0.462 e. The molecule has 0 amide bonds. The van der Waals surface area contributed by atoms with Crippen molar-refractivity contribution in [3.63, 3.8) is 0 Å². The van der Waals surface area contributed by atoms with E-state index in [1.807, 2.05) is 54.7 Å². The van der Waals surface area contributed by atoms with E-state index >= 15 is 0 Å². The second kappa shape index (κ2) is 42.1. The molecule has 304 valence electrons. The smallest absolute Gasteiger partial charge is 0.306 e. The van der Waals surface area contributed by atoms with Crippen LogP contribution in [-0.2, 0) is 28.6 Å². The summed E-state index contributed by atoms with van der Waals surface area (Å²) in [5.41, 5.74) is 0. The third kappa shape index (κ3) is 39.5. The first kappa shape index (κ1) is 50.3. The molecule has 6 nitrogen and oxygen atoms in total. The number of rotatable bonds is 36. The highest BCUT2D eigenvalue weighted by Crippen LogP contribution is 2.12. The highest BCUT2D eigenvalue weighted by Gasteiger charge is 2.19. The Bertz CT molecular complexity index is 1140. The zero-order valence-electron chi connectivity index (χ0n) is 34.4. The van der Waals surface area contributed by atoms with Crippen LogP contribution in [0.25, 0.3) is 0 Å². The summed E-state index contributed by atoms with van der Waals surface area (Å²) < 4.78 is 16.6. The van der Waals surface area contributed by atoms with E-state index < -0.39 is 6.10 Å². The molecule has 0 rings (SSSR count). The molecule has 0 fully saturated rings. The number of unbranched alkanes of at least 4 members (excludes halogenated alkanes) is 13. The van der Waals surface area contributed by atoms with Crippen molar-refractivity contribution in [2.75, 3.05) is 13.2 Å². The predicted octanol–water partition coefficient (Wildman–Crippen LogP) is 13.5. The maximum absolute atomic E-state index is 12.7. The lowest BCUT2D eigenvalue weighted by molar-refractivity contribution is -0.167. The number of allylic oxidation sites excluding steroid dienone is 16. The van der Waals surface area contributed by atoms with Gasteiger partial charge in [-0.3, -0.25) is 14.4 Å². The van der Waals surface area contributed by atoms with Gasteiger partial charge in [-0.05, 0) is 77.0 Å². The minimum atomic E-state index is -0.815. The predicted molar refractivity (Wildman–Crippen MR) is 228 cm³/mol. The zero-order chi connectivity index (χ0) is 39.4. The summed E-state index contributed by atoms with van der Waals surface area (Å²) in [6.45, 7) is 6.22. The Morgan fingerprint density at radius 1 is 0.407 bits per heavy atom. The first-order valence-electron chi connectivity index (χ1n) is 21.3. The monoisotopic (exact) mass is 749 g/mol. The zero-order valence-corrected chi connectivity index (χ0v) is 34.4. The summed E-state index contributed by atoms with van der Waals surface area (Å²) in [6.07, 6.45) is 54.0. The van der Waals surface area contributed by atoms with Gasteiger partial charge in [0.2, 0.25) is 0 Å². The second-order valence-electron chi connectivity index (χ2n) is 13.6. The van der Waals surface area contributed by atoms with E-state index in [2.05, 4.69) is 63.3 Å². The molecule has 0 N–H and O–H groups in total. The molecule has 0 heterocycles. The SMILES string of the molecule is CC\C=C/C=C\C=C/C=C\C=C/CCCC(=O)OCC(COC(=O)CCCCCCC/C=C\CCCC)OC(=O)CCCCCCC/C=C\C/C=C\CC. The summed E-state index contributed by atoms with van der Waals surface area (Å²) in [7, 11) is 0. The lowest BCUT2D eigenvalue weighted by Gasteiger charge is -2.18. The van der Waals surface area contributed by atoms with Gasteiger partial charge in [0.1, 0.15) is 13.2 Å². The normalized spacial score (nSPS) is 13.0. The van der Waals surface area contributed by atoms with E-state index in [9.17, 15) is 14.4 Å². The number of hydrogen-bond donors (Lipinski definition) is 0. The van der Waals surface area contributed by atoms with Gasteiger partial charge in [-0.1, -0.05) is 169 Å². The Kier molecular flexibility index (Phi) is 39.2. The molecule has 6 heteroatoms. The van der Waals surface area contributed by atoms with Crippen LogP contribution < -0.4 is 0 Å². The number of carbonyl (C=O) groups is 3. The van der Waals surface area contributed by atoms with Crippen LogP contribution in [0.1, 0.15) is 168 Å². The van der Waals surface area contributed by atoms with Crippen molar-refractivity contribution in [3.05, 3.63) is 97.2 Å². The summed E-state index contributed by atoms with van der Waals surface area (Å²) in [4.78, 5) is 37.6. The Hall–Kier alpha value is -3.67. The topological polar surface area (TPSA) is 78.9 Å². The maximum Gasteiger partial charge on any atom is 0.306 e. The van der Waals surface area contributed by atoms with E-state index in [0.29, 0.717) is 19.3 Å². The van der Waals surface area contributed by atoms with Crippen molar-refractivity contribution in [2.45, 2.75) is 175 Å². The molecule has 0 radical (unpaired) electrons. The molecule has 54 heavy (non-hydrogen) atoms. The number of ether oxygens (including phenoxy) is 3. The van der Waals surface area contributed by atoms with Crippen molar-refractivity contribution < 1.29 is 28.6 Å². The average Bonchev–Trinajstić information content (AvgIpc) is 3.17. The molecule has 0 aromatic rings. The van der Waals surface area contributed by atoms with E-state index in [1.54, 1.807) is 0 Å². The highest BCUT2D eigenvalue weighted by atomic mass is 16.6. The maximum atomic E-state index is 12.7. The minimum Gasteiger partial charge on any atom is -0.462 e. The second-order valence-corrected chi connectivity index (χ2v) is 13.6. The number of carbonyl (C=O) groups excluding carboxylic acids is 3. The van der Waals surface area contributed by atoms with Crippen LogP contribution in [0.4, 0.5) is 0 Å². The molecule has 0 bridgehead atoms. The van der Waals surface area contributed by atoms with Crippen LogP contribution in [0.15, 0.2) is 97.2 Å². The number of hydrogen-bond acceptors (Lipinski definition) is 6. The van der Waals surface area contributed by atoms with E-state index in [1.165, 1.54) is 25.7 Å². The lowest BCUT2D eigenvalue weighted by Crippen LogP contribution is -2.30. The Morgan fingerprint density at radius 2 is 0.833 bits per heavy atom. The molecule has 0 saturated carbocycles. The summed E-state index contributed by atoms with van der Waals surface area (Å²) in [5.74, 6) is -1.03. The van der Waals surface area contributed by atoms with Gasteiger partial charge < -0.3 is 14.2 Å². The van der Waals surface area contributed by atoms with Crippen LogP contribution in [0, 0.1) is 0 Å². The third-order valence-corrected chi connectivity index (χ3v) is 8.43. The van der Waals surface area contributed by atoms with Gasteiger partial charge in [0, 0.05) is 19.3 Å². The first-order chi connectivity index (χ1) is 26.5. The third-order valence-electron chi connectivity index (χ3n) is 8.43. The molecule has 0 spiro atoms. The van der Waals surface area contributed by atoms with E-state index in [-0.39, 0.29) is 37.5 Å². The molecule has 1 atom stereocenters. The fraction of sp³-hybridized carbons (Fsp3) is 0.604. The highest BCUT2D eigenvalue weighted by molar-refractivity contribution is 5.71. The fourth-order valence-electron chi connectivity index (χ4n) is 5.25. The van der Waals surface area contributed by atoms with Gasteiger partial charge in [-0.15, -0.1) is 0 Å². The Balaban J connectivity index is 4.56. The Morgan fingerprint density at radius 3 is 1.41 bits per heavy atom. The summed E-state index contributed by atoms with van der Waals surface area (Å²) in [5, 5.41) is 0. The van der Waals surface area contributed by atoms with Gasteiger partial charge in [0.05, 0.1) is 0 Å². The molecule has 0 aromatic heterocycles. The van der Waals surface area contributed by atoms with Crippen molar-refractivity contribution >= 4 is 17.9 Å². The van der Waals surface area contributed by atoms with Crippen LogP contribution in [0.2, 0.25) is 0 Å². The summed E-state index contributed by atoms with van der Waals surface area (Å²) in [6, 6.07) is 0.